The highest BCUT2D eigenvalue weighted by Gasteiger charge is 2.36. The fourth-order valence-electron chi connectivity index (χ4n) is 3.62. The lowest BCUT2D eigenvalue weighted by atomic mass is 10.0. The van der Waals surface area contributed by atoms with Crippen LogP contribution in [0.5, 0.6) is 0 Å². The number of alkyl halides is 3. The SMILES string of the molecule is CC(Nc1cc(Cl)c(C(F)(F)F)cc1[N+](=O)[O-])c1cc(F)ccc1N1CCC(O)CC1. The molecule has 1 saturated heterocycles. The zero-order chi connectivity index (χ0) is 22.9. The lowest BCUT2D eigenvalue weighted by Crippen LogP contribution is -2.36. The Hall–Kier alpha value is -2.59. The minimum atomic E-state index is -4.85. The summed E-state index contributed by atoms with van der Waals surface area (Å²) in [5, 5.41) is 23.2. The maximum Gasteiger partial charge on any atom is 0.418 e. The topological polar surface area (TPSA) is 78.6 Å². The molecule has 1 heterocycles. The summed E-state index contributed by atoms with van der Waals surface area (Å²) >= 11 is 5.74. The van der Waals surface area contributed by atoms with Gasteiger partial charge in [0.2, 0.25) is 0 Å². The van der Waals surface area contributed by atoms with Crippen LogP contribution in [-0.2, 0) is 6.18 Å². The molecular formula is C20H20ClF4N3O3. The van der Waals surface area contributed by atoms with Crippen molar-refractivity contribution in [2.45, 2.75) is 38.1 Å². The second-order valence-corrected chi connectivity index (χ2v) is 7.80. The van der Waals surface area contributed by atoms with E-state index in [1.807, 2.05) is 4.90 Å². The summed E-state index contributed by atoms with van der Waals surface area (Å²) < 4.78 is 53.3. The van der Waals surface area contributed by atoms with E-state index in [2.05, 4.69) is 5.32 Å². The van der Waals surface area contributed by atoms with Crippen LogP contribution in [0.3, 0.4) is 0 Å². The summed E-state index contributed by atoms with van der Waals surface area (Å²) in [5.74, 6) is -0.524. The van der Waals surface area contributed by atoms with Gasteiger partial charge in [-0.05, 0) is 44.0 Å². The number of benzene rings is 2. The van der Waals surface area contributed by atoms with Gasteiger partial charge in [0.05, 0.1) is 27.7 Å². The number of hydrogen-bond acceptors (Lipinski definition) is 5. The summed E-state index contributed by atoms with van der Waals surface area (Å²) in [6.07, 6.45) is -4.18. The summed E-state index contributed by atoms with van der Waals surface area (Å²) in [4.78, 5) is 12.4. The number of nitro groups is 1. The molecule has 1 aliphatic heterocycles. The number of nitro benzene ring substituents is 1. The van der Waals surface area contributed by atoms with Gasteiger partial charge in [0, 0.05) is 30.4 Å². The third-order valence-electron chi connectivity index (χ3n) is 5.22. The Kier molecular flexibility index (Phi) is 6.61. The first-order valence-corrected chi connectivity index (χ1v) is 9.89. The number of halogens is 5. The van der Waals surface area contributed by atoms with Gasteiger partial charge in [-0.1, -0.05) is 11.6 Å². The zero-order valence-electron chi connectivity index (χ0n) is 16.4. The standard InChI is InChI=1S/C20H20ClF4N3O3/c1-11(14-8-12(22)2-3-18(14)27-6-4-13(29)5-7-27)26-17-10-16(21)15(20(23,24)25)9-19(17)28(30)31/h2-3,8-11,13,26,29H,4-7H2,1H3. The average molecular weight is 462 g/mol. The Morgan fingerprint density at radius 1 is 1.26 bits per heavy atom. The van der Waals surface area contributed by atoms with Crippen molar-refractivity contribution in [3.8, 4) is 0 Å². The highest BCUT2D eigenvalue weighted by molar-refractivity contribution is 6.31. The van der Waals surface area contributed by atoms with Crippen LogP contribution in [-0.4, -0.2) is 29.2 Å². The number of rotatable bonds is 5. The Morgan fingerprint density at radius 3 is 2.48 bits per heavy atom. The first kappa shape index (κ1) is 23.1. The van der Waals surface area contributed by atoms with Gasteiger partial charge in [-0.15, -0.1) is 0 Å². The number of aliphatic hydroxyl groups is 1. The van der Waals surface area contributed by atoms with Gasteiger partial charge in [-0.3, -0.25) is 10.1 Å². The van der Waals surface area contributed by atoms with Gasteiger partial charge < -0.3 is 15.3 Å². The van der Waals surface area contributed by atoms with Crippen molar-refractivity contribution in [2.24, 2.45) is 0 Å². The van der Waals surface area contributed by atoms with Crippen molar-refractivity contribution in [2.75, 3.05) is 23.3 Å². The van der Waals surface area contributed by atoms with Gasteiger partial charge in [0.25, 0.3) is 5.69 Å². The van der Waals surface area contributed by atoms with E-state index in [-0.39, 0.29) is 5.69 Å². The van der Waals surface area contributed by atoms with Crippen LogP contribution in [0.4, 0.5) is 34.6 Å². The van der Waals surface area contributed by atoms with Crippen molar-refractivity contribution in [3.05, 3.63) is 62.4 Å². The van der Waals surface area contributed by atoms with Crippen molar-refractivity contribution in [1.82, 2.24) is 0 Å². The number of anilines is 2. The number of aliphatic hydroxyl groups excluding tert-OH is 1. The van der Waals surface area contributed by atoms with Gasteiger partial charge in [0.1, 0.15) is 11.5 Å². The average Bonchev–Trinajstić information content (AvgIpc) is 2.67. The maximum absolute atomic E-state index is 14.0. The summed E-state index contributed by atoms with van der Waals surface area (Å²) in [5.41, 5.74) is -1.16. The molecule has 3 rings (SSSR count). The van der Waals surface area contributed by atoms with E-state index in [4.69, 9.17) is 11.6 Å². The largest absolute Gasteiger partial charge is 0.418 e. The Labute approximate surface area is 180 Å². The molecule has 11 heteroatoms. The molecule has 0 amide bonds. The fourth-order valence-corrected chi connectivity index (χ4v) is 3.89. The van der Waals surface area contributed by atoms with Crippen LogP contribution in [0, 0.1) is 15.9 Å². The molecule has 6 nitrogen and oxygen atoms in total. The number of nitrogens with one attached hydrogen (secondary N) is 1. The monoisotopic (exact) mass is 461 g/mol. The van der Waals surface area contributed by atoms with Crippen LogP contribution in [0.2, 0.25) is 5.02 Å². The Morgan fingerprint density at radius 2 is 1.90 bits per heavy atom. The van der Waals surface area contributed by atoms with Crippen molar-refractivity contribution in [3.63, 3.8) is 0 Å². The van der Waals surface area contributed by atoms with Crippen molar-refractivity contribution >= 4 is 28.7 Å². The second kappa shape index (κ2) is 8.88. The van der Waals surface area contributed by atoms with E-state index < -0.39 is 45.3 Å². The minimum Gasteiger partial charge on any atom is -0.393 e. The highest BCUT2D eigenvalue weighted by atomic mass is 35.5. The molecule has 0 aromatic heterocycles. The van der Waals surface area contributed by atoms with Gasteiger partial charge in [-0.2, -0.15) is 13.2 Å². The number of piperidine rings is 1. The Balaban J connectivity index is 1.96. The van der Waals surface area contributed by atoms with Crippen molar-refractivity contribution in [1.29, 1.82) is 0 Å². The molecule has 1 unspecified atom stereocenters. The molecule has 1 atom stereocenters. The molecule has 2 aromatic rings. The predicted molar refractivity (Wildman–Crippen MR) is 109 cm³/mol. The van der Waals surface area contributed by atoms with Crippen LogP contribution in [0.15, 0.2) is 30.3 Å². The molecule has 2 aromatic carbocycles. The summed E-state index contributed by atoms with van der Waals surface area (Å²) in [7, 11) is 0. The summed E-state index contributed by atoms with van der Waals surface area (Å²) in [6.45, 7) is 2.70. The van der Waals surface area contributed by atoms with Gasteiger partial charge >= 0.3 is 6.18 Å². The zero-order valence-corrected chi connectivity index (χ0v) is 17.2. The smallest absolute Gasteiger partial charge is 0.393 e. The van der Waals surface area contributed by atoms with Crippen molar-refractivity contribution < 1.29 is 27.6 Å². The first-order chi connectivity index (χ1) is 14.5. The third-order valence-corrected chi connectivity index (χ3v) is 5.53. The molecule has 1 aliphatic rings. The molecule has 0 bridgehead atoms. The molecule has 2 N–H and O–H groups in total. The van der Waals surface area contributed by atoms with Gasteiger partial charge in [-0.25, -0.2) is 4.39 Å². The normalized spacial score (nSPS) is 16.3. The second-order valence-electron chi connectivity index (χ2n) is 7.39. The molecule has 168 valence electrons. The first-order valence-electron chi connectivity index (χ1n) is 9.51. The van der Waals surface area contributed by atoms with Crippen LogP contribution < -0.4 is 10.2 Å². The van der Waals surface area contributed by atoms with E-state index in [1.165, 1.54) is 12.1 Å². The van der Waals surface area contributed by atoms with Crippen LogP contribution in [0.1, 0.15) is 36.9 Å². The molecule has 1 fully saturated rings. The lowest BCUT2D eigenvalue weighted by molar-refractivity contribution is -0.384. The van der Waals surface area contributed by atoms with E-state index in [1.54, 1.807) is 13.0 Å². The van der Waals surface area contributed by atoms with Crippen LogP contribution in [0.25, 0.3) is 0 Å². The van der Waals surface area contributed by atoms with E-state index in [0.29, 0.717) is 43.2 Å². The molecule has 31 heavy (non-hydrogen) atoms. The quantitative estimate of drug-likeness (QED) is 0.347. The van der Waals surface area contributed by atoms with E-state index in [0.717, 1.165) is 6.07 Å². The molecule has 0 radical (unpaired) electrons. The number of hydrogen-bond donors (Lipinski definition) is 2. The van der Waals surface area contributed by atoms with Crippen LogP contribution >= 0.6 is 11.6 Å². The molecule has 0 saturated carbocycles. The Bertz CT molecular complexity index is 979. The fraction of sp³-hybridized carbons (Fsp3) is 0.400. The van der Waals surface area contributed by atoms with E-state index >= 15 is 0 Å². The molecular weight excluding hydrogens is 442 g/mol. The third kappa shape index (κ3) is 5.19. The minimum absolute atomic E-state index is 0.209. The highest BCUT2D eigenvalue weighted by Crippen LogP contribution is 2.41. The summed E-state index contributed by atoms with van der Waals surface area (Å²) in [6, 6.07) is 4.69. The van der Waals surface area contributed by atoms with Gasteiger partial charge in [0.15, 0.2) is 0 Å². The number of nitrogens with zero attached hydrogens (tertiary/aromatic N) is 2. The maximum atomic E-state index is 14.0. The molecule has 0 spiro atoms. The predicted octanol–water partition coefficient (Wildman–Crippen LogP) is 5.54. The molecule has 0 aliphatic carbocycles. The van der Waals surface area contributed by atoms with E-state index in [9.17, 15) is 32.8 Å². The lowest BCUT2D eigenvalue weighted by Gasteiger charge is -2.34.